The molecule has 0 atom stereocenters. The molecule has 7 aromatic rings. The summed E-state index contributed by atoms with van der Waals surface area (Å²) in [6.45, 7) is 16.1. The molecule has 1 N–H and O–H groups in total. The van der Waals surface area contributed by atoms with E-state index in [-0.39, 0.29) is 32.1 Å². The number of hydrogen-bond acceptors (Lipinski definition) is 2. The molecule has 0 aliphatic carbocycles. The van der Waals surface area contributed by atoms with Crippen LogP contribution in [0.4, 0.5) is 5.69 Å². The number of para-hydroxylation sites is 2. The van der Waals surface area contributed by atoms with Gasteiger partial charge in [-0.2, -0.15) is 49.2 Å². The van der Waals surface area contributed by atoms with Crippen molar-refractivity contribution in [2.24, 2.45) is 0 Å². The van der Waals surface area contributed by atoms with Crippen LogP contribution in [0.5, 0.6) is 0 Å². The van der Waals surface area contributed by atoms with Gasteiger partial charge in [-0.25, -0.2) is 4.98 Å². The van der Waals surface area contributed by atoms with Gasteiger partial charge >= 0.3 is 26.2 Å². The number of carbonyl (C=O) groups is 1. The van der Waals surface area contributed by atoms with E-state index in [0.29, 0.717) is 22.9 Å². The molecular weight excluding hydrogens is 688 g/mol. The number of carbonyl (C=O) groups excluding carboxylic acids is 1. The van der Waals surface area contributed by atoms with Crippen molar-refractivity contribution in [3.8, 4) is 11.3 Å². The molecule has 0 aliphatic rings. The third kappa shape index (κ3) is 9.61. The number of nitrogens with zero attached hydrogens (tertiary/aromatic N) is 1. The number of benzene rings is 6. The Hall–Kier alpha value is -4.92. The zero-order chi connectivity index (χ0) is 34.8. The summed E-state index contributed by atoms with van der Waals surface area (Å²) in [5.74, 6) is 0.466. The maximum Gasteiger partial charge on any atom is 2.00 e. The topological polar surface area (TPSA) is 42.0 Å². The first-order valence-electron chi connectivity index (χ1n) is 16.8. The quantitative estimate of drug-likeness (QED) is 0.179. The molecule has 1 aromatic heterocycles. The summed E-state index contributed by atoms with van der Waals surface area (Å²) in [5.41, 5.74) is 8.58. The molecular formula is C46H44N2OZr. The Labute approximate surface area is 316 Å². The smallest absolute Gasteiger partial charge is 0.321 e. The summed E-state index contributed by atoms with van der Waals surface area (Å²) < 4.78 is 0. The summed E-state index contributed by atoms with van der Waals surface area (Å²) in [5, 5.41) is 6.53. The first-order chi connectivity index (χ1) is 23.7. The van der Waals surface area contributed by atoms with E-state index >= 15 is 0 Å². The van der Waals surface area contributed by atoms with Gasteiger partial charge in [0.25, 0.3) is 5.91 Å². The van der Waals surface area contributed by atoms with Crippen molar-refractivity contribution in [3.05, 3.63) is 193 Å². The van der Waals surface area contributed by atoms with Crippen LogP contribution >= 0.6 is 0 Å². The molecule has 0 radical (unpaired) electrons. The number of pyridine rings is 1. The molecule has 6 aromatic carbocycles. The second-order valence-corrected chi connectivity index (χ2v) is 12.6. The first kappa shape index (κ1) is 37.9. The van der Waals surface area contributed by atoms with Crippen LogP contribution in [0.25, 0.3) is 32.9 Å². The second kappa shape index (κ2) is 18.2. The predicted octanol–water partition coefficient (Wildman–Crippen LogP) is 12.3. The zero-order valence-electron chi connectivity index (χ0n) is 29.4. The Bertz CT molecular complexity index is 2070. The van der Waals surface area contributed by atoms with Gasteiger partial charge in [0.15, 0.2) is 0 Å². The van der Waals surface area contributed by atoms with Crippen LogP contribution in [0.3, 0.4) is 0 Å². The van der Waals surface area contributed by atoms with Crippen LogP contribution in [0.2, 0.25) is 0 Å². The molecule has 4 heteroatoms. The van der Waals surface area contributed by atoms with E-state index in [1.807, 2.05) is 97.1 Å². The van der Waals surface area contributed by atoms with Crippen molar-refractivity contribution in [2.45, 2.75) is 39.5 Å². The summed E-state index contributed by atoms with van der Waals surface area (Å²) in [7, 11) is 0. The molecule has 50 heavy (non-hydrogen) atoms. The minimum atomic E-state index is -0.131. The Balaban J connectivity index is 0.000000310. The normalized spacial score (nSPS) is 10.4. The molecule has 7 rings (SSSR count). The largest absolute Gasteiger partial charge is 2.00 e. The summed E-state index contributed by atoms with van der Waals surface area (Å²) in [6.07, 6.45) is 0. The van der Waals surface area contributed by atoms with E-state index in [1.165, 1.54) is 5.39 Å². The van der Waals surface area contributed by atoms with Gasteiger partial charge in [-0.05, 0) is 45.9 Å². The van der Waals surface area contributed by atoms with E-state index in [0.717, 1.165) is 50.0 Å². The average molecular weight is 732 g/mol. The molecule has 0 unspecified atom stereocenters. The van der Waals surface area contributed by atoms with Crippen molar-refractivity contribution in [2.75, 3.05) is 5.32 Å². The number of hydrogen-bond donors (Lipinski definition) is 1. The van der Waals surface area contributed by atoms with Crippen molar-refractivity contribution >= 4 is 33.3 Å². The number of rotatable bonds is 5. The van der Waals surface area contributed by atoms with Crippen LogP contribution in [0.15, 0.2) is 152 Å². The molecule has 1 heterocycles. The van der Waals surface area contributed by atoms with E-state index in [9.17, 15) is 4.79 Å². The monoisotopic (exact) mass is 730 g/mol. The summed E-state index contributed by atoms with van der Waals surface area (Å²) in [6, 6.07) is 50.5. The van der Waals surface area contributed by atoms with Gasteiger partial charge in [0.2, 0.25) is 0 Å². The average Bonchev–Trinajstić information content (AvgIpc) is 3.12. The van der Waals surface area contributed by atoms with Crippen molar-refractivity contribution in [1.82, 2.24) is 4.98 Å². The molecule has 248 valence electrons. The first-order valence-corrected chi connectivity index (χ1v) is 16.8. The van der Waals surface area contributed by atoms with Crippen LogP contribution in [0.1, 0.15) is 72.1 Å². The maximum absolute atomic E-state index is 13.7. The SMILES string of the molecule is CC(C)c1cccc(C(C)C)c1NC(=O)c1cccc2ccc(-c3cccc4ccccc34)nc12.[CH2-]c1ccccc1.[CH2-]c1ccccc1.[Zr+2]. The van der Waals surface area contributed by atoms with Gasteiger partial charge in [-0.3, -0.25) is 4.79 Å². The molecule has 0 bridgehead atoms. The van der Waals surface area contributed by atoms with Gasteiger partial charge in [0, 0.05) is 16.6 Å². The number of amides is 1. The van der Waals surface area contributed by atoms with Crippen molar-refractivity contribution in [3.63, 3.8) is 0 Å². The molecule has 1 amide bonds. The minimum Gasteiger partial charge on any atom is -0.321 e. The number of anilines is 1. The van der Waals surface area contributed by atoms with Crippen LogP contribution in [0, 0.1) is 13.8 Å². The van der Waals surface area contributed by atoms with Gasteiger partial charge in [0.1, 0.15) is 0 Å². The van der Waals surface area contributed by atoms with Crippen molar-refractivity contribution < 1.29 is 31.0 Å². The van der Waals surface area contributed by atoms with E-state index < -0.39 is 0 Å². The van der Waals surface area contributed by atoms with E-state index in [1.54, 1.807) is 0 Å². The van der Waals surface area contributed by atoms with Crippen LogP contribution in [-0.2, 0) is 26.2 Å². The fourth-order valence-electron chi connectivity index (χ4n) is 5.76. The molecule has 0 saturated heterocycles. The summed E-state index contributed by atoms with van der Waals surface area (Å²) >= 11 is 0. The third-order valence-corrected chi connectivity index (χ3v) is 8.33. The fraction of sp³-hybridized carbons (Fsp3) is 0.130. The number of nitrogens with one attached hydrogen (secondary N) is 1. The standard InChI is InChI=1S/C32H30N2O.2C7H7.Zr/c1-20(2)24-14-9-15-25(21(3)4)31(24)34-32(35)28-17-8-12-23-18-19-29(33-30(23)28)27-16-7-11-22-10-5-6-13-26(22)27;2*1-7-5-3-2-4-6-7;/h5-21H,1-4H3,(H,34,35);2*2-6H,1H2;/q;2*-1;+2. The van der Waals surface area contributed by atoms with E-state index in [4.69, 9.17) is 4.98 Å². The van der Waals surface area contributed by atoms with Gasteiger partial charge in [-0.15, -0.1) is 24.3 Å². The van der Waals surface area contributed by atoms with Crippen molar-refractivity contribution in [1.29, 1.82) is 0 Å². The van der Waals surface area contributed by atoms with Gasteiger partial charge in [0.05, 0.1) is 16.8 Å². The Morgan fingerprint density at radius 3 is 1.62 bits per heavy atom. The molecule has 0 spiro atoms. The maximum atomic E-state index is 13.7. The van der Waals surface area contributed by atoms with Gasteiger partial charge < -0.3 is 5.32 Å². The van der Waals surface area contributed by atoms with Gasteiger partial charge in [-0.1, -0.05) is 119 Å². The Kier molecular flexibility index (Phi) is 13.8. The zero-order valence-corrected chi connectivity index (χ0v) is 31.8. The van der Waals surface area contributed by atoms with E-state index in [2.05, 4.69) is 101 Å². The minimum absolute atomic E-state index is 0. The summed E-state index contributed by atoms with van der Waals surface area (Å²) in [4.78, 5) is 18.7. The molecule has 3 nitrogen and oxygen atoms in total. The van der Waals surface area contributed by atoms with Crippen LogP contribution in [-0.4, -0.2) is 10.9 Å². The molecule has 0 saturated carbocycles. The number of aromatic nitrogens is 1. The molecule has 0 fully saturated rings. The van der Waals surface area contributed by atoms with Crippen LogP contribution < -0.4 is 5.32 Å². The third-order valence-electron chi connectivity index (χ3n) is 8.33. The molecule has 0 aliphatic heterocycles. The second-order valence-electron chi connectivity index (χ2n) is 12.6. The predicted molar refractivity (Wildman–Crippen MR) is 209 cm³/mol. The Morgan fingerprint density at radius 1 is 0.560 bits per heavy atom. The fourth-order valence-corrected chi connectivity index (χ4v) is 5.76. The Morgan fingerprint density at radius 2 is 1.06 bits per heavy atom. The number of fused-ring (bicyclic) bond motifs is 2.